The van der Waals surface area contributed by atoms with Gasteiger partial charge in [-0.05, 0) is 107 Å². The van der Waals surface area contributed by atoms with E-state index in [1.54, 1.807) is 51.9 Å². The van der Waals surface area contributed by atoms with Gasteiger partial charge >= 0.3 is 5.97 Å². The number of aromatic nitrogens is 3. The number of carbonyl (C=O) groups excluding carboxylic acids is 5. The summed E-state index contributed by atoms with van der Waals surface area (Å²) >= 11 is 0. The fourth-order valence-corrected chi connectivity index (χ4v) is 10.9. The van der Waals surface area contributed by atoms with Crippen LogP contribution in [-0.2, 0) is 47.7 Å². The molecule has 1 aromatic rings. The Hall–Kier alpha value is -4.13. The van der Waals surface area contributed by atoms with Crippen molar-refractivity contribution in [1.29, 1.82) is 0 Å². The smallest absolute Gasteiger partial charge is 0.329 e. The molecule has 2 bridgehead atoms. The Morgan fingerprint density at radius 2 is 1.66 bits per heavy atom. The summed E-state index contributed by atoms with van der Waals surface area (Å²) in [5, 5.41) is 31.7. The molecular weight excluding hydrogens is 895 g/mol. The van der Waals surface area contributed by atoms with Crippen molar-refractivity contribution in [3.05, 3.63) is 53.8 Å². The minimum atomic E-state index is -2.44. The topological polar surface area (TPSA) is 206 Å². The van der Waals surface area contributed by atoms with Crippen molar-refractivity contribution >= 4 is 42.7 Å². The van der Waals surface area contributed by atoms with Gasteiger partial charge in [0.25, 0.3) is 11.7 Å². The number of aliphatic hydroxyl groups is 2. The van der Waals surface area contributed by atoms with Gasteiger partial charge in [-0.3, -0.25) is 19.2 Å². The number of esters is 1. The van der Waals surface area contributed by atoms with Gasteiger partial charge in [-0.15, -0.1) is 5.10 Å². The maximum absolute atomic E-state index is 14.5. The highest BCUT2D eigenvalue weighted by atomic mass is 16.6. The van der Waals surface area contributed by atoms with Crippen molar-refractivity contribution in [2.45, 2.75) is 180 Å². The van der Waals surface area contributed by atoms with Crippen molar-refractivity contribution in [1.82, 2.24) is 19.9 Å². The summed E-state index contributed by atoms with van der Waals surface area (Å²) in [5.74, 6) is -7.95. The third kappa shape index (κ3) is 14.3. The first-order chi connectivity index (χ1) is 33.2. The number of fused-ring (bicyclic) bond motifs is 3. The lowest BCUT2D eigenvalue weighted by Gasteiger charge is -2.42. The van der Waals surface area contributed by atoms with Crippen molar-refractivity contribution in [2.24, 2.45) is 35.5 Å². The maximum atomic E-state index is 14.5. The molecule has 4 heterocycles. The minimum Gasteiger partial charge on any atom is -0.460 e. The molecule has 386 valence electrons. The van der Waals surface area contributed by atoms with Crippen molar-refractivity contribution < 1.29 is 57.9 Å². The summed E-state index contributed by atoms with van der Waals surface area (Å²) in [6.45, 7) is 12.8. The van der Waals surface area contributed by atoms with E-state index in [4.69, 9.17) is 31.5 Å². The third-order valence-electron chi connectivity index (χ3n) is 15.4. The molecule has 0 aromatic carbocycles. The van der Waals surface area contributed by atoms with E-state index >= 15 is 0 Å². The van der Waals surface area contributed by atoms with Crippen LogP contribution in [0.2, 0.25) is 0 Å². The highest BCUT2D eigenvalue weighted by Crippen LogP contribution is 2.39. The van der Waals surface area contributed by atoms with Crippen LogP contribution in [0.15, 0.2) is 53.8 Å². The number of carbonyl (C=O) groups is 5. The molecule has 17 heteroatoms. The van der Waals surface area contributed by atoms with Crippen LogP contribution in [-0.4, -0.2) is 144 Å². The number of hydrogen-bond donors (Lipinski definition) is 2. The van der Waals surface area contributed by atoms with Gasteiger partial charge in [0.1, 0.15) is 26.1 Å². The maximum Gasteiger partial charge on any atom is 0.329 e. The predicted octanol–water partition coefficient (Wildman–Crippen LogP) is 5.45. The first kappa shape index (κ1) is 56.8. The number of hydrogen-bond acceptors (Lipinski definition) is 14. The van der Waals surface area contributed by atoms with E-state index < -0.39 is 77.8 Å². The molecule has 0 spiro atoms. The zero-order valence-electron chi connectivity index (χ0n) is 43.2. The largest absolute Gasteiger partial charge is 0.460 e. The third-order valence-corrected chi connectivity index (χ3v) is 15.4. The van der Waals surface area contributed by atoms with Crippen LogP contribution >= 0.6 is 0 Å². The van der Waals surface area contributed by atoms with Crippen LogP contribution in [0.25, 0.3) is 0 Å². The molecule has 1 aliphatic carbocycles. The molecule has 2 N–H and O–H groups in total. The van der Waals surface area contributed by atoms with E-state index in [0.717, 1.165) is 18.4 Å². The zero-order valence-corrected chi connectivity index (χ0v) is 43.2. The average molecular weight is 975 g/mol. The quantitative estimate of drug-likeness (QED) is 0.198. The lowest BCUT2D eigenvalue weighted by molar-refractivity contribution is -0.265. The number of rotatable bonds is 7. The monoisotopic (exact) mass is 975 g/mol. The molecule has 2 radical (unpaired) electrons. The van der Waals surface area contributed by atoms with Crippen LogP contribution in [0.5, 0.6) is 0 Å². The van der Waals surface area contributed by atoms with Gasteiger partial charge in [-0.25, -0.2) is 9.48 Å². The molecule has 1 saturated carbocycles. The Morgan fingerprint density at radius 3 is 2.33 bits per heavy atom. The van der Waals surface area contributed by atoms with Gasteiger partial charge in [-0.2, -0.15) is 0 Å². The number of ether oxygens (including phenoxy) is 5. The fraction of sp³-hybridized carbons (Fsp3) is 0.717. The molecule has 2 saturated heterocycles. The first-order valence-electron chi connectivity index (χ1n) is 25.4. The highest BCUT2D eigenvalue weighted by molar-refractivity contribution is 6.39. The molecule has 1 aromatic heterocycles. The second-order valence-corrected chi connectivity index (χ2v) is 20.7. The Bertz CT molecular complexity index is 2090. The predicted molar refractivity (Wildman–Crippen MR) is 264 cm³/mol. The SMILES string of the molecule is [B]c1cn([C@H]2CC[C@@H](C[C@@H](C)[C@@H]3CC(=O)/C(C)=C/C(C)[C@@H](O)[C@@H](OC)C(=O)[C@H](C)C[C@H](C)C=CC=CC=C(C)[C@@H](OC)C[C@@H]4CC[C@@H](C)[C@@](O)(O4)C(=O)C(=O)N4CCCC[C@H]4C(=O)O3)C[C@H]2OC)nn1. The van der Waals surface area contributed by atoms with Gasteiger partial charge in [0.15, 0.2) is 11.6 Å². The average Bonchev–Trinajstić information content (AvgIpc) is 3.78. The van der Waals surface area contributed by atoms with E-state index in [9.17, 15) is 34.2 Å². The van der Waals surface area contributed by atoms with Gasteiger partial charge in [0, 0.05) is 70.3 Å². The Morgan fingerprint density at radius 1 is 0.914 bits per heavy atom. The molecular formula is C53H79BN4O12. The van der Waals surface area contributed by atoms with Crippen molar-refractivity contribution in [3.63, 3.8) is 0 Å². The van der Waals surface area contributed by atoms with Gasteiger partial charge in [-0.1, -0.05) is 76.3 Å². The van der Waals surface area contributed by atoms with Gasteiger partial charge in [0.05, 0.1) is 30.5 Å². The number of allylic oxidation sites excluding steroid dienone is 6. The summed E-state index contributed by atoms with van der Waals surface area (Å²) in [7, 11) is 10.5. The number of ketones is 3. The van der Waals surface area contributed by atoms with Crippen molar-refractivity contribution in [3.8, 4) is 0 Å². The number of amides is 1. The number of Topliss-reactive ketones (excluding diaryl/α,β-unsaturated/α-hetero) is 3. The molecule has 1 unspecified atom stereocenters. The zero-order chi connectivity index (χ0) is 51.4. The fourth-order valence-electron chi connectivity index (χ4n) is 10.9. The molecule has 16 nitrogen and oxygen atoms in total. The Balaban J connectivity index is 1.46. The minimum absolute atomic E-state index is 0.0172. The molecule has 5 rings (SSSR count). The van der Waals surface area contributed by atoms with E-state index in [-0.39, 0.29) is 60.9 Å². The lowest BCUT2D eigenvalue weighted by Crippen LogP contribution is -2.61. The summed E-state index contributed by atoms with van der Waals surface area (Å²) in [5.41, 5.74) is 1.51. The van der Waals surface area contributed by atoms with Crippen LogP contribution in [0.3, 0.4) is 0 Å². The van der Waals surface area contributed by atoms with Crippen molar-refractivity contribution in [2.75, 3.05) is 27.9 Å². The van der Waals surface area contributed by atoms with Crippen LogP contribution < -0.4 is 5.59 Å². The molecule has 3 aliphatic heterocycles. The second-order valence-electron chi connectivity index (χ2n) is 20.7. The summed E-state index contributed by atoms with van der Waals surface area (Å²) in [4.78, 5) is 72.4. The van der Waals surface area contributed by atoms with Crippen LogP contribution in [0.4, 0.5) is 0 Å². The Kier molecular flexibility index (Phi) is 21.1. The van der Waals surface area contributed by atoms with Gasteiger partial charge < -0.3 is 38.8 Å². The standard InChI is InChI=1S/C53H79BN4O12/c1-31-16-12-11-13-17-32(2)43(66-8)28-39-21-19-37(7)53(65,70-39)50(62)51(63)57-23-15-14-18-41(57)52(64)69-44(29-42(59)33(3)25-36(6)48(61)49(68-10)47(60)35(5)24-31)34(4)26-38-20-22-40(45(27-38)67-9)58-30-46(54)55-56-58/h11-13,16-17,25,30-31,34-41,43-45,48-49,61,65H,14-15,18-24,26-29H2,1-10H3/b13-11?,16-12?,32-17?,33-25+/t31-,34-,35-,36?,37-,38+,39+,40+,41+,43+,44+,45-,48-,49+,53-/m1/s1. The second kappa shape index (κ2) is 26.0. The summed E-state index contributed by atoms with van der Waals surface area (Å²) < 4.78 is 31.6. The van der Waals surface area contributed by atoms with E-state index in [0.29, 0.717) is 62.5 Å². The molecule has 15 atom stereocenters. The number of cyclic esters (lactones) is 1. The number of piperidine rings is 1. The molecule has 70 heavy (non-hydrogen) atoms. The Labute approximate surface area is 416 Å². The van der Waals surface area contributed by atoms with Crippen LogP contribution in [0.1, 0.15) is 132 Å². The molecule has 1 amide bonds. The number of nitrogens with zero attached hydrogens (tertiary/aromatic N) is 4. The van der Waals surface area contributed by atoms with E-state index in [1.165, 1.54) is 12.0 Å². The molecule has 4 aliphatic rings. The number of aliphatic hydroxyl groups excluding tert-OH is 1. The normalized spacial score (nSPS) is 36.7. The highest BCUT2D eigenvalue weighted by Gasteiger charge is 2.53. The van der Waals surface area contributed by atoms with E-state index in [2.05, 4.69) is 10.3 Å². The van der Waals surface area contributed by atoms with Gasteiger partial charge in [0.2, 0.25) is 5.79 Å². The lowest BCUT2D eigenvalue weighted by atomic mass is 9.77. The van der Waals surface area contributed by atoms with Crippen LogP contribution in [0, 0.1) is 35.5 Å². The molecule has 3 fully saturated rings. The van der Waals surface area contributed by atoms with E-state index in [1.807, 2.05) is 58.1 Å². The summed E-state index contributed by atoms with van der Waals surface area (Å²) in [6, 6.07) is -1.23. The summed E-state index contributed by atoms with van der Waals surface area (Å²) in [6.07, 6.45) is 14.0. The first-order valence-corrected chi connectivity index (χ1v) is 25.4. The number of methoxy groups -OCH3 is 3.